The van der Waals surface area contributed by atoms with Gasteiger partial charge in [-0.1, -0.05) is 35.0 Å². The summed E-state index contributed by atoms with van der Waals surface area (Å²) in [4.78, 5) is 12.3. The summed E-state index contributed by atoms with van der Waals surface area (Å²) < 4.78 is 5.16. The summed E-state index contributed by atoms with van der Waals surface area (Å²) in [5, 5.41) is 7.31. The number of carbonyl (C=O) groups is 1. The van der Waals surface area contributed by atoms with Gasteiger partial charge >= 0.3 is 0 Å². The number of hydrogen-bond donors (Lipinski definition) is 2. The molecule has 21 heavy (non-hydrogen) atoms. The number of hydrogen-bond acceptors (Lipinski definition) is 4. The molecule has 2 rings (SSSR count). The molecule has 0 radical (unpaired) electrons. The number of aromatic nitrogens is 1. The Kier molecular flexibility index (Phi) is 4.98. The van der Waals surface area contributed by atoms with Gasteiger partial charge in [0.25, 0.3) is 5.91 Å². The first-order valence-corrected chi connectivity index (χ1v) is 7.13. The van der Waals surface area contributed by atoms with Crippen LogP contribution in [0.25, 0.3) is 11.3 Å². The maximum absolute atomic E-state index is 12.3. The monoisotopic (exact) mass is 307 g/mol. The summed E-state index contributed by atoms with van der Waals surface area (Å²) in [6.07, 6.45) is 0.706. The smallest absolute Gasteiger partial charge is 0.257 e. The number of halogens is 1. The zero-order valence-electron chi connectivity index (χ0n) is 12.0. The first-order valence-electron chi connectivity index (χ1n) is 6.75. The molecule has 112 valence electrons. The molecule has 5 nitrogen and oxygen atoms in total. The Bertz CT molecular complexity index is 638. The van der Waals surface area contributed by atoms with E-state index in [9.17, 15) is 4.79 Å². The van der Waals surface area contributed by atoms with Crippen LogP contribution in [0.15, 0.2) is 28.8 Å². The summed E-state index contributed by atoms with van der Waals surface area (Å²) in [6.45, 7) is 4.10. The minimum absolute atomic E-state index is 0.0388. The second-order valence-corrected chi connectivity index (χ2v) is 5.37. The fourth-order valence-electron chi connectivity index (χ4n) is 1.98. The number of benzene rings is 1. The Labute approximate surface area is 128 Å². The van der Waals surface area contributed by atoms with Crippen molar-refractivity contribution in [1.29, 1.82) is 0 Å². The maximum atomic E-state index is 12.3. The molecule has 0 saturated heterocycles. The van der Waals surface area contributed by atoms with Gasteiger partial charge in [0.05, 0.1) is 5.02 Å². The van der Waals surface area contributed by atoms with Gasteiger partial charge in [-0.05, 0) is 26.3 Å². The molecule has 0 aliphatic heterocycles. The Morgan fingerprint density at radius 1 is 1.48 bits per heavy atom. The highest BCUT2D eigenvalue weighted by atomic mass is 35.5. The number of nitrogens with one attached hydrogen (secondary N) is 1. The van der Waals surface area contributed by atoms with Crippen LogP contribution in [0.4, 0.5) is 0 Å². The van der Waals surface area contributed by atoms with Crippen LogP contribution >= 0.6 is 11.6 Å². The van der Waals surface area contributed by atoms with Crippen molar-refractivity contribution in [3.05, 3.63) is 40.6 Å². The number of nitrogens with zero attached hydrogens (tertiary/aromatic N) is 1. The maximum Gasteiger partial charge on any atom is 0.257 e. The number of aryl methyl sites for hydroxylation is 1. The molecule has 0 aliphatic carbocycles. The van der Waals surface area contributed by atoms with Gasteiger partial charge in [0, 0.05) is 18.2 Å². The van der Waals surface area contributed by atoms with Crippen LogP contribution in [0.3, 0.4) is 0 Å². The van der Waals surface area contributed by atoms with Crippen molar-refractivity contribution in [2.45, 2.75) is 26.3 Å². The van der Waals surface area contributed by atoms with Gasteiger partial charge in [0.2, 0.25) is 0 Å². The van der Waals surface area contributed by atoms with E-state index in [-0.39, 0.29) is 11.9 Å². The molecule has 0 spiro atoms. The molecule has 6 heteroatoms. The Morgan fingerprint density at radius 3 is 2.86 bits per heavy atom. The summed E-state index contributed by atoms with van der Waals surface area (Å²) in [7, 11) is 0. The molecule has 1 amide bonds. The van der Waals surface area contributed by atoms with E-state index in [2.05, 4.69) is 10.5 Å². The van der Waals surface area contributed by atoms with Crippen LogP contribution in [-0.2, 0) is 0 Å². The third-order valence-corrected chi connectivity index (χ3v) is 3.43. The molecule has 0 fully saturated rings. The first-order chi connectivity index (χ1) is 10.0. The SMILES string of the molecule is Cc1onc(-c2ccccc2Cl)c1C(=O)NCCC(C)N. The quantitative estimate of drug-likeness (QED) is 0.890. The second kappa shape index (κ2) is 6.74. The summed E-state index contributed by atoms with van der Waals surface area (Å²) >= 11 is 6.16. The van der Waals surface area contributed by atoms with Crippen molar-refractivity contribution in [2.24, 2.45) is 5.73 Å². The van der Waals surface area contributed by atoms with E-state index >= 15 is 0 Å². The van der Waals surface area contributed by atoms with Crippen molar-refractivity contribution in [3.8, 4) is 11.3 Å². The standard InChI is InChI=1S/C15H18ClN3O2/c1-9(17)7-8-18-15(20)13-10(2)21-19-14(13)11-5-3-4-6-12(11)16/h3-6,9H,7-8,17H2,1-2H3,(H,18,20). The Balaban J connectivity index is 2.26. The lowest BCUT2D eigenvalue weighted by molar-refractivity contribution is 0.0952. The van der Waals surface area contributed by atoms with E-state index in [4.69, 9.17) is 21.9 Å². The van der Waals surface area contributed by atoms with Crippen molar-refractivity contribution < 1.29 is 9.32 Å². The molecule has 1 unspecified atom stereocenters. The van der Waals surface area contributed by atoms with Gasteiger partial charge in [0.1, 0.15) is 17.0 Å². The molecule has 0 bridgehead atoms. The van der Waals surface area contributed by atoms with Gasteiger partial charge in [0.15, 0.2) is 0 Å². The highest BCUT2D eigenvalue weighted by Crippen LogP contribution is 2.30. The molecular weight excluding hydrogens is 290 g/mol. The topological polar surface area (TPSA) is 81.2 Å². The van der Waals surface area contributed by atoms with Crippen LogP contribution in [0, 0.1) is 6.92 Å². The number of rotatable bonds is 5. The van der Waals surface area contributed by atoms with Gasteiger partial charge in [-0.2, -0.15) is 0 Å². The predicted molar refractivity (Wildman–Crippen MR) is 82.3 cm³/mol. The molecular formula is C15H18ClN3O2. The Hall–Kier alpha value is -1.85. The van der Waals surface area contributed by atoms with Gasteiger partial charge in [-0.15, -0.1) is 0 Å². The lowest BCUT2D eigenvalue weighted by Crippen LogP contribution is -2.29. The average Bonchev–Trinajstić information content (AvgIpc) is 2.80. The van der Waals surface area contributed by atoms with E-state index in [1.807, 2.05) is 19.1 Å². The second-order valence-electron chi connectivity index (χ2n) is 4.96. The lowest BCUT2D eigenvalue weighted by atomic mass is 10.1. The molecule has 0 aliphatic rings. The van der Waals surface area contributed by atoms with Crippen LogP contribution in [-0.4, -0.2) is 23.7 Å². The van der Waals surface area contributed by atoms with Crippen molar-refractivity contribution in [3.63, 3.8) is 0 Å². The van der Waals surface area contributed by atoms with Crippen LogP contribution in [0.1, 0.15) is 29.5 Å². The first kappa shape index (κ1) is 15.5. The molecule has 1 aromatic carbocycles. The largest absolute Gasteiger partial charge is 0.360 e. The summed E-state index contributed by atoms with van der Waals surface area (Å²) in [5.41, 5.74) is 7.21. The predicted octanol–water partition coefficient (Wildman–Crippen LogP) is 2.77. The van der Waals surface area contributed by atoms with Crippen molar-refractivity contribution >= 4 is 17.5 Å². The minimum Gasteiger partial charge on any atom is -0.360 e. The zero-order valence-corrected chi connectivity index (χ0v) is 12.8. The fraction of sp³-hybridized carbons (Fsp3) is 0.333. The Morgan fingerprint density at radius 2 is 2.19 bits per heavy atom. The molecule has 1 heterocycles. The van der Waals surface area contributed by atoms with Gasteiger partial charge in [-0.25, -0.2) is 0 Å². The normalized spacial score (nSPS) is 12.2. The third kappa shape index (κ3) is 3.62. The van der Waals surface area contributed by atoms with Crippen LogP contribution in [0.5, 0.6) is 0 Å². The molecule has 1 atom stereocenters. The van der Waals surface area contributed by atoms with Crippen molar-refractivity contribution in [2.75, 3.05) is 6.54 Å². The van der Waals surface area contributed by atoms with E-state index in [0.717, 1.165) is 0 Å². The molecule has 2 aromatic rings. The van der Waals surface area contributed by atoms with E-state index < -0.39 is 0 Å². The average molecular weight is 308 g/mol. The lowest BCUT2D eigenvalue weighted by Gasteiger charge is -2.08. The van der Waals surface area contributed by atoms with Crippen LogP contribution < -0.4 is 11.1 Å². The van der Waals surface area contributed by atoms with Crippen LogP contribution in [0.2, 0.25) is 5.02 Å². The van der Waals surface area contributed by atoms with Gasteiger partial charge < -0.3 is 15.6 Å². The number of nitrogens with two attached hydrogens (primary N) is 1. The van der Waals surface area contributed by atoms with E-state index in [1.165, 1.54) is 0 Å². The number of amides is 1. The summed E-state index contributed by atoms with van der Waals surface area (Å²) in [5.74, 6) is 0.229. The highest BCUT2D eigenvalue weighted by Gasteiger charge is 2.22. The van der Waals surface area contributed by atoms with E-state index in [0.29, 0.717) is 40.6 Å². The summed E-state index contributed by atoms with van der Waals surface area (Å²) in [6, 6.07) is 7.25. The minimum atomic E-state index is -0.232. The number of carbonyl (C=O) groups excluding carboxylic acids is 1. The third-order valence-electron chi connectivity index (χ3n) is 3.10. The highest BCUT2D eigenvalue weighted by molar-refractivity contribution is 6.33. The van der Waals surface area contributed by atoms with E-state index in [1.54, 1.807) is 19.1 Å². The molecule has 0 saturated carbocycles. The zero-order chi connectivity index (χ0) is 15.4. The molecule has 3 N–H and O–H groups in total. The molecule has 1 aromatic heterocycles. The van der Waals surface area contributed by atoms with Gasteiger partial charge in [-0.3, -0.25) is 4.79 Å². The fourth-order valence-corrected chi connectivity index (χ4v) is 2.20. The van der Waals surface area contributed by atoms with Crippen molar-refractivity contribution in [1.82, 2.24) is 10.5 Å².